The molecule has 0 unspecified atom stereocenters. The van der Waals surface area contributed by atoms with Gasteiger partial charge in [0, 0.05) is 17.2 Å². The second kappa shape index (κ2) is 8.98. The maximum Gasteiger partial charge on any atom is 0.137 e. The normalized spacial score (nSPS) is 10.6. The summed E-state index contributed by atoms with van der Waals surface area (Å²) in [5, 5.41) is 3.95. The molecule has 112 valence electrons. The Balaban J connectivity index is 1.78. The SMILES string of the molecule is CCNCc1ccc(OCCSc2ccccc2)c(Cl)c1. The largest absolute Gasteiger partial charge is 0.491 e. The van der Waals surface area contributed by atoms with E-state index in [9.17, 15) is 0 Å². The van der Waals surface area contributed by atoms with Crippen molar-refractivity contribution in [1.29, 1.82) is 0 Å². The molecule has 0 heterocycles. The number of benzene rings is 2. The summed E-state index contributed by atoms with van der Waals surface area (Å²) >= 11 is 8.03. The highest BCUT2D eigenvalue weighted by Gasteiger charge is 2.03. The average molecular weight is 322 g/mol. The molecule has 2 aromatic rings. The van der Waals surface area contributed by atoms with Crippen LogP contribution in [0.2, 0.25) is 5.02 Å². The maximum absolute atomic E-state index is 6.24. The number of hydrogen-bond donors (Lipinski definition) is 1. The van der Waals surface area contributed by atoms with Gasteiger partial charge in [-0.1, -0.05) is 42.8 Å². The van der Waals surface area contributed by atoms with E-state index >= 15 is 0 Å². The molecule has 0 aromatic heterocycles. The molecule has 2 nitrogen and oxygen atoms in total. The highest BCUT2D eigenvalue weighted by molar-refractivity contribution is 7.99. The van der Waals surface area contributed by atoms with Crippen LogP contribution in [-0.4, -0.2) is 18.9 Å². The minimum Gasteiger partial charge on any atom is -0.491 e. The van der Waals surface area contributed by atoms with E-state index < -0.39 is 0 Å². The van der Waals surface area contributed by atoms with E-state index in [0.29, 0.717) is 11.6 Å². The fourth-order valence-electron chi connectivity index (χ4n) is 1.87. The lowest BCUT2D eigenvalue weighted by molar-refractivity contribution is 0.344. The smallest absolute Gasteiger partial charge is 0.137 e. The fourth-order valence-corrected chi connectivity index (χ4v) is 2.88. The van der Waals surface area contributed by atoms with Crippen molar-refractivity contribution in [1.82, 2.24) is 5.32 Å². The van der Waals surface area contributed by atoms with Gasteiger partial charge in [0.15, 0.2) is 0 Å². The van der Waals surface area contributed by atoms with Gasteiger partial charge in [-0.3, -0.25) is 0 Å². The Morgan fingerprint density at radius 1 is 1.14 bits per heavy atom. The molecule has 4 heteroatoms. The van der Waals surface area contributed by atoms with Gasteiger partial charge in [-0.15, -0.1) is 11.8 Å². The molecule has 0 saturated carbocycles. The van der Waals surface area contributed by atoms with Crippen LogP contribution < -0.4 is 10.1 Å². The topological polar surface area (TPSA) is 21.3 Å². The Kier molecular flexibility index (Phi) is 6.93. The molecule has 0 atom stereocenters. The van der Waals surface area contributed by atoms with Gasteiger partial charge >= 0.3 is 0 Å². The first-order valence-electron chi connectivity index (χ1n) is 7.09. The predicted molar refractivity (Wildman–Crippen MR) is 91.5 cm³/mol. The maximum atomic E-state index is 6.24. The molecule has 0 spiro atoms. The fraction of sp³-hybridized carbons (Fsp3) is 0.294. The minimum absolute atomic E-state index is 0.645. The Morgan fingerprint density at radius 2 is 1.95 bits per heavy atom. The molecule has 0 bridgehead atoms. The van der Waals surface area contributed by atoms with Crippen molar-refractivity contribution < 1.29 is 4.74 Å². The first-order valence-corrected chi connectivity index (χ1v) is 8.45. The summed E-state index contributed by atoms with van der Waals surface area (Å²) in [6.07, 6.45) is 0. The number of thioether (sulfide) groups is 1. The van der Waals surface area contributed by atoms with Gasteiger partial charge in [0.2, 0.25) is 0 Å². The molecule has 1 N–H and O–H groups in total. The molecule has 0 radical (unpaired) electrons. The third-order valence-electron chi connectivity index (χ3n) is 2.93. The number of ether oxygens (including phenoxy) is 1. The van der Waals surface area contributed by atoms with E-state index in [1.807, 2.05) is 36.4 Å². The molecule has 0 saturated heterocycles. The third-order valence-corrected chi connectivity index (χ3v) is 4.20. The molecule has 0 aliphatic heterocycles. The van der Waals surface area contributed by atoms with Gasteiger partial charge in [0.05, 0.1) is 11.6 Å². The van der Waals surface area contributed by atoms with Crippen LogP contribution in [-0.2, 0) is 6.54 Å². The first kappa shape index (κ1) is 16.2. The Morgan fingerprint density at radius 3 is 2.67 bits per heavy atom. The van der Waals surface area contributed by atoms with E-state index in [1.165, 1.54) is 10.5 Å². The zero-order valence-corrected chi connectivity index (χ0v) is 13.7. The zero-order valence-electron chi connectivity index (χ0n) is 12.1. The minimum atomic E-state index is 0.645. The third kappa shape index (κ3) is 5.62. The quantitative estimate of drug-likeness (QED) is 0.566. The van der Waals surface area contributed by atoms with Crippen LogP contribution in [0.25, 0.3) is 0 Å². The molecule has 0 aliphatic carbocycles. The van der Waals surface area contributed by atoms with Crippen LogP contribution in [0.4, 0.5) is 0 Å². The molecule has 2 aromatic carbocycles. The van der Waals surface area contributed by atoms with Crippen LogP contribution in [0.1, 0.15) is 12.5 Å². The molecule has 21 heavy (non-hydrogen) atoms. The van der Waals surface area contributed by atoms with Crippen molar-refractivity contribution in [3.63, 3.8) is 0 Å². The standard InChI is InChI=1S/C17H20ClNOS/c1-2-19-13-14-8-9-17(16(18)12-14)20-10-11-21-15-6-4-3-5-7-15/h3-9,12,19H,2,10-11,13H2,1H3. The Hall–Kier alpha value is -1.16. The van der Waals surface area contributed by atoms with Crippen LogP contribution in [0, 0.1) is 0 Å². The van der Waals surface area contributed by atoms with Crippen LogP contribution in [0.3, 0.4) is 0 Å². The second-order valence-electron chi connectivity index (χ2n) is 4.56. The van der Waals surface area contributed by atoms with E-state index in [4.69, 9.17) is 16.3 Å². The lowest BCUT2D eigenvalue weighted by atomic mass is 10.2. The number of hydrogen-bond acceptors (Lipinski definition) is 3. The summed E-state index contributed by atoms with van der Waals surface area (Å²) in [7, 11) is 0. The highest BCUT2D eigenvalue weighted by atomic mass is 35.5. The van der Waals surface area contributed by atoms with Crippen LogP contribution in [0.5, 0.6) is 5.75 Å². The van der Waals surface area contributed by atoms with E-state index in [2.05, 4.69) is 24.4 Å². The highest BCUT2D eigenvalue weighted by Crippen LogP contribution is 2.26. The molecular weight excluding hydrogens is 302 g/mol. The molecule has 0 fully saturated rings. The average Bonchev–Trinajstić information content (AvgIpc) is 2.52. The monoisotopic (exact) mass is 321 g/mol. The summed E-state index contributed by atoms with van der Waals surface area (Å²) in [5.74, 6) is 1.66. The van der Waals surface area contributed by atoms with Crippen LogP contribution in [0.15, 0.2) is 53.4 Å². The summed E-state index contributed by atoms with van der Waals surface area (Å²) in [5.41, 5.74) is 1.17. The lowest BCUT2D eigenvalue weighted by Gasteiger charge is -2.10. The summed E-state index contributed by atoms with van der Waals surface area (Å²) in [6.45, 7) is 4.52. The van der Waals surface area contributed by atoms with Gasteiger partial charge < -0.3 is 10.1 Å². The summed E-state index contributed by atoms with van der Waals surface area (Å²) in [6, 6.07) is 16.3. The van der Waals surface area contributed by atoms with E-state index in [0.717, 1.165) is 24.6 Å². The molecule has 0 aliphatic rings. The van der Waals surface area contributed by atoms with Gasteiger partial charge in [-0.05, 0) is 36.4 Å². The first-order chi connectivity index (χ1) is 10.3. The van der Waals surface area contributed by atoms with Crippen molar-refractivity contribution in [2.75, 3.05) is 18.9 Å². The van der Waals surface area contributed by atoms with Gasteiger partial charge in [0.1, 0.15) is 5.75 Å². The summed E-state index contributed by atoms with van der Waals surface area (Å²) in [4.78, 5) is 1.26. The van der Waals surface area contributed by atoms with Gasteiger partial charge in [-0.2, -0.15) is 0 Å². The summed E-state index contributed by atoms with van der Waals surface area (Å²) < 4.78 is 5.74. The second-order valence-corrected chi connectivity index (χ2v) is 6.13. The predicted octanol–water partition coefficient (Wildman–Crippen LogP) is 4.62. The molecule has 2 rings (SSSR count). The van der Waals surface area contributed by atoms with E-state index in [1.54, 1.807) is 11.8 Å². The Labute approximate surface area is 135 Å². The van der Waals surface area contributed by atoms with Crippen molar-refractivity contribution in [3.8, 4) is 5.75 Å². The number of nitrogens with one attached hydrogen (secondary N) is 1. The Bertz CT molecular complexity index is 548. The van der Waals surface area contributed by atoms with Gasteiger partial charge in [0.25, 0.3) is 0 Å². The number of halogens is 1. The molecule has 0 amide bonds. The van der Waals surface area contributed by atoms with Crippen molar-refractivity contribution >= 4 is 23.4 Å². The van der Waals surface area contributed by atoms with Crippen molar-refractivity contribution in [2.24, 2.45) is 0 Å². The van der Waals surface area contributed by atoms with Crippen molar-refractivity contribution in [3.05, 3.63) is 59.1 Å². The van der Waals surface area contributed by atoms with Crippen molar-refractivity contribution in [2.45, 2.75) is 18.4 Å². The molecular formula is C17H20ClNOS. The number of rotatable bonds is 8. The van der Waals surface area contributed by atoms with Crippen LogP contribution >= 0.6 is 23.4 Å². The van der Waals surface area contributed by atoms with Gasteiger partial charge in [-0.25, -0.2) is 0 Å². The lowest BCUT2D eigenvalue weighted by Crippen LogP contribution is -2.11. The zero-order chi connectivity index (χ0) is 14.9. The van der Waals surface area contributed by atoms with E-state index in [-0.39, 0.29) is 0 Å².